The summed E-state index contributed by atoms with van der Waals surface area (Å²) in [6, 6.07) is 9.11. The number of piperidine rings is 1. The third-order valence-corrected chi connectivity index (χ3v) is 5.42. The second kappa shape index (κ2) is 8.20. The van der Waals surface area contributed by atoms with Gasteiger partial charge in [0.2, 0.25) is 0 Å². The number of H-pyrrole nitrogens is 1. The van der Waals surface area contributed by atoms with Crippen LogP contribution in [0.3, 0.4) is 0 Å². The highest BCUT2D eigenvalue weighted by atomic mass is 35.5. The van der Waals surface area contributed by atoms with Crippen LogP contribution in [0.5, 0.6) is 0 Å². The Morgan fingerprint density at radius 2 is 1.90 bits per heavy atom. The maximum absolute atomic E-state index is 14.5. The number of anilines is 2. The second-order valence-electron chi connectivity index (χ2n) is 7.41. The van der Waals surface area contributed by atoms with E-state index in [0.29, 0.717) is 16.3 Å². The molecule has 30 heavy (non-hydrogen) atoms. The molecule has 1 aliphatic rings. The minimum absolute atomic E-state index is 0.215. The Morgan fingerprint density at radius 3 is 2.63 bits per heavy atom. The lowest BCUT2D eigenvalue weighted by Gasteiger charge is -2.31. The Morgan fingerprint density at radius 1 is 1.13 bits per heavy atom. The molecule has 2 amide bonds. The van der Waals surface area contributed by atoms with Gasteiger partial charge in [-0.15, -0.1) is 0 Å². The van der Waals surface area contributed by atoms with E-state index in [1.165, 1.54) is 6.07 Å². The summed E-state index contributed by atoms with van der Waals surface area (Å²) in [5.74, 6) is -3.13. The number of aromatic nitrogens is 1. The molecule has 0 saturated carbocycles. The first kappa shape index (κ1) is 20.6. The standard InChI is InChI=1S/C21H20ClF3N4O/c22-14-2-4-18-16(9-14)19(11-26-18)28-20(30)27-15-3-1-13(17(23)10-15)12-29-7-5-21(24,25)6-8-29/h1-4,9-11,26H,5-8,12H2,(H2,27,28,30). The summed E-state index contributed by atoms with van der Waals surface area (Å²) in [4.78, 5) is 17.1. The minimum atomic E-state index is -2.63. The van der Waals surface area contributed by atoms with Gasteiger partial charge in [0.25, 0.3) is 5.92 Å². The fraction of sp³-hybridized carbons (Fsp3) is 0.286. The lowest BCUT2D eigenvalue weighted by atomic mass is 10.1. The molecule has 4 rings (SSSR count). The van der Waals surface area contributed by atoms with Crippen molar-refractivity contribution in [2.75, 3.05) is 23.7 Å². The first-order chi connectivity index (χ1) is 14.3. The number of nitrogens with one attached hydrogen (secondary N) is 3. The van der Waals surface area contributed by atoms with Gasteiger partial charge in [-0.25, -0.2) is 18.0 Å². The van der Waals surface area contributed by atoms with Crippen molar-refractivity contribution in [2.45, 2.75) is 25.3 Å². The number of likely N-dealkylation sites (tertiary alicyclic amines) is 1. The van der Waals surface area contributed by atoms with Crippen LogP contribution in [0.1, 0.15) is 18.4 Å². The van der Waals surface area contributed by atoms with E-state index in [-0.39, 0.29) is 38.2 Å². The molecule has 0 atom stereocenters. The highest BCUT2D eigenvalue weighted by Crippen LogP contribution is 2.29. The van der Waals surface area contributed by atoms with Gasteiger partial charge < -0.3 is 15.6 Å². The number of aromatic amines is 1. The Hall–Kier alpha value is -2.71. The van der Waals surface area contributed by atoms with E-state index in [9.17, 15) is 18.0 Å². The normalized spacial score (nSPS) is 16.5. The molecule has 0 radical (unpaired) electrons. The summed E-state index contributed by atoms with van der Waals surface area (Å²) in [6.45, 7) is 0.706. The third-order valence-electron chi connectivity index (χ3n) is 5.18. The number of halogens is 4. The van der Waals surface area contributed by atoms with Gasteiger partial charge in [-0.05, 0) is 30.3 Å². The monoisotopic (exact) mass is 436 g/mol. The zero-order chi connectivity index (χ0) is 21.3. The summed E-state index contributed by atoms with van der Waals surface area (Å²) >= 11 is 6.01. The zero-order valence-electron chi connectivity index (χ0n) is 15.9. The molecule has 2 aromatic carbocycles. The molecule has 0 spiro atoms. The molecular weight excluding hydrogens is 417 g/mol. The van der Waals surface area contributed by atoms with Crippen molar-refractivity contribution in [3.8, 4) is 0 Å². The molecule has 0 bridgehead atoms. The highest BCUT2D eigenvalue weighted by Gasteiger charge is 2.34. The van der Waals surface area contributed by atoms with Crippen molar-refractivity contribution in [2.24, 2.45) is 0 Å². The summed E-state index contributed by atoms with van der Waals surface area (Å²) in [7, 11) is 0. The molecule has 1 aromatic heterocycles. The molecule has 1 aliphatic heterocycles. The number of urea groups is 1. The van der Waals surface area contributed by atoms with Crippen LogP contribution in [0.2, 0.25) is 5.02 Å². The molecule has 1 saturated heterocycles. The molecule has 158 valence electrons. The predicted octanol–water partition coefficient (Wildman–Crippen LogP) is 5.84. The lowest BCUT2D eigenvalue weighted by molar-refractivity contribution is -0.0567. The second-order valence-corrected chi connectivity index (χ2v) is 7.85. The minimum Gasteiger partial charge on any atom is -0.359 e. The Labute approximate surface area is 176 Å². The Kier molecular flexibility index (Phi) is 5.62. The number of amides is 2. The number of hydrogen-bond donors (Lipinski definition) is 3. The number of alkyl halides is 2. The number of hydrogen-bond acceptors (Lipinski definition) is 2. The van der Waals surface area contributed by atoms with Gasteiger partial charge in [-0.3, -0.25) is 4.90 Å². The highest BCUT2D eigenvalue weighted by molar-refractivity contribution is 6.31. The first-order valence-electron chi connectivity index (χ1n) is 9.52. The van der Waals surface area contributed by atoms with E-state index in [4.69, 9.17) is 11.6 Å². The maximum atomic E-state index is 14.5. The van der Waals surface area contributed by atoms with Crippen LogP contribution in [0, 0.1) is 5.82 Å². The number of fused-ring (bicyclic) bond motifs is 1. The van der Waals surface area contributed by atoms with E-state index in [1.807, 2.05) is 0 Å². The predicted molar refractivity (Wildman–Crippen MR) is 112 cm³/mol. The lowest BCUT2D eigenvalue weighted by Crippen LogP contribution is -2.38. The number of rotatable bonds is 4. The van der Waals surface area contributed by atoms with Crippen LogP contribution in [-0.2, 0) is 6.54 Å². The van der Waals surface area contributed by atoms with E-state index in [2.05, 4.69) is 15.6 Å². The van der Waals surface area contributed by atoms with Crippen molar-refractivity contribution < 1.29 is 18.0 Å². The summed E-state index contributed by atoms with van der Waals surface area (Å²) in [5.41, 5.74) is 2.05. The van der Waals surface area contributed by atoms with Crippen molar-refractivity contribution in [3.05, 3.63) is 59.0 Å². The third kappa shape index (κ3) is 4.71. The van der Waals surface area contributed by atoms with Crippen molar-refractivity contribution in [1.29, 1.82) is 0 Å². The van der Waals surface area contributed by atoms with Gasteiger partial charge in [0, 0.05) is 65.8 Å². The summed E-state index contributed by atoms with van der Waals surface area (Å²) in [5, 5.41) is 6.60. The summed E-state index contributed by atoms with van der Waals surface area (Å²) < 4.78 is 41.0. The van der Waals surface area contributed by atoms with Gasteiger partial charge in [-0.2, -0.15) is 0 Å². The Bertz CT molecular complexity index is 1080. The van der Waals surface area contributed by atoms with Gasteiger partial charge in [0.15, 0.2) is 0 Å². The van der Waals surface area contributed by atoms with Gasteiger partial charge in [-0.1, -0.05) is 17.7 Å². The number of benzene rings is 2. The molecule has 0 unspecified atom stereocenters. The zero-order valence-corrected chi connectivity index (χ0v) is 16.7. The van der Waals surface area contributed by atoms with E-state index in [0.717, 1.165) is 10.9 Å². The van der Waals surface area contributed by atoms with Crippen LogP contribution in [0.25, 0.3) is 10.9 Å². The number of carbonyl (C=O) groups is 1. The van der Waals surface area contributed by atoms with Crippen molar-refractivity contribution in [1.82, 2.24) is 9.88 Å². The van der Waals surface area contributed by atoms with Gasteiger partial charge >= 0.3 is 6.03 Å². The summed E-state index contributed by atoms with van der Waals surface area (Å²) in [6.07, 6.45) is 1.22. The molecule has 5 nitrogen and oxygen atoms in total. The van der Waals surface area contributed by atoms with Crippen LogP contribution in [0.15, 0.2) is 42.6 Å². The van der Waals surface area contributed by atoms with Gasteiger partial charge in [0.05, 0.1) is 5.69 Å². The Balaban J connectivity index is 1.38. The van der Waals surface area contributed by atoms with Crippen LogP contribution in [0.4, 0.5) is 29.3 Å². The average molecular weight is 437 g/mol. The molecule has 2 heterocycles. The van der Waals surface area contributed by atoms with Crippen molar-refractivity contribution in [3.63, 3.8) is 0 Å². The fourth-order valence-corrected chi connectivity index (χ4v) is 3.69. The molecule has 0 aliphatic carbocycles. The van der Waals surface area contributed by atoms with Gasteiger partial charge in [0.1, 0.15) is 5.82 Å². The average Bonchev–Trinajstić information content (AvgIpc) is 3.07. The van der Waals surface area contributed by atoms with E-state index < -0.39 is 17.8 Å². The SMILES string of the molecule is O=C(Nc1ccc(CN2CCC(F)(F)CC2)c(F)c1)Nc1c[nH]c2ccc(Cl)cc12. The van der Waals surface area contributed by atoms with Crippen LogP contribution < -0.4 is 10.6 Å². The van der Waals surface area contributed by atoms with E-state index in [1.54, 1.807) is 41.4 Å². The van der Waals surface area contributed by atoms with Crippen LogP contribution in [-0.4, -0.2) is 34.9 Å². The number of carbonyl (C=O) groups excluding carboxylic acids is 1. The molecule has 3 N–H and O–H groups in total. The van der Waals surface area contributed by atoms with Crippen molar-refractivity contribution >= 4 is 39.9 Å². The van der Waals surface area contributed by atoms with E-state index >= 15 is 0 Å². The fourth-order valence-electron chi connectivity index (χ4n) is 3.51. The topological polar surface area (TPSA) is 60.2 Å². The largest absolute Gasteiger partial charge is 0.359 e. The number of nitrogens with zero attached hydrogens (tertiary/aromatic N) is 1. The smallest absolute Gasteiger partial charge is 0.323 e. The molecule has 1 fully saturated rings. The quantitative estimate of drug-likeness (QED) is 0.481. The molecule has 3 aromatic rings. The molecular formula is C21H20ClF3N4O. The molecule has 9 heteroatoms. The maximum Gasteiger partial charge on any atom is 0.323 e. The van der Waals surface area contributed by atoms with Crippen LogP contribution >= 0.6 is 11.6 Å². The first-order valence-corrected chi connectivity index (χ1v) is 9.90.